The Kier molecular flexibility index (Phi) is 23.1. The predicted molar refractivity (Wildman–Crippen MR) is 357 cm³/mol. The van der Waals surface area contributed by atoms with Gasteiger partial charge >= 0.3 is 53.7 Å². The molecule has 5 unspecified atom stereocenters. The summed E-state index contributed by atoms with van der Waals surface area (Å²) in [5, 5.41) is 240. The summed E-state index contributed by atoms with van der Waals surface area (Å²) in [6.07, 6.45) is -12.1. The fourth-order valence-electron chi connectivity index (χ4n) is 9.85. The summed E-state index contributed by atoms with van der Waals surface area (Å²) in [6.45, 7) is -1.37. The van der Waals surface area contributed by atoms with Crippen molar-refractivity contribution in [3.63, 3.8) is 0 Å². The number of hydrogen-bond acceptors (Lipinski definition) is 42. The van der Waals surface area contributed by atoms with Crippen LogP contribution >= 0.6 is 0 Å². The zero-order valence-corrected chi connectivity index (χ0v) is 56.0. The summed E-state index contributed by atoms with van der Waals surface area (Å²) < 4.78 is 54.7. The zero-order valence-electron chi connectivity index (χ0n) is 56.0. The highest BCUT2D eigenvalue weighted by Gasteiger charge is 2.53. The van der Waals surface area contributed by atoms with E-state index < -0.39 is 291 Å². The Labute approximate surface area is 623 Å². The van der Waals surface area contributed by atoms with E-state index in [0.29, 0.717) is 97.1 Å². The Balaban J connectivity index is 0.00000111. The molecule has 0 aromatic heterocycles. The van der Waals surface area contributed by atoms with Crippen LogP contribution in [0.1, 0.15) is 93.2 Å². The van der Waals surface area contributed by atoms with Crippen molar-refractivity contribution >= 4 is 53.7 Å². The minimum atomic E-state index is -2.65. The molecule has 1 heterocycles. The zero-order chi connectivity index (χ0) is 83.4. The molecule has 0 saturated carbocycles. The van der Waals surface area contributed by atoms with E-state index in [4.69, 9.17) is 67.8 Å². The van der Waals surface area contributed by atoms with Crippen molar-refractivity contribution in [3.8, 4) is 155 Å². The van der Waals surface area contributed by atoms with Crippen LogP contribution in [0.3, 0.4) is 0 Å². The van der Waals surface area contributed by atoms with Crippen LogP contribution in [0.2, 0.25) is 0 Å². The van der Waals surface area contributed by atoms with Gasteiger partial charge in [-0.1, -0.05) is 0 Å². The molecule has 9 aromatic carbocycles. The van der Waals surface area contributed by atoms with Crippen molar-refractivity contribution in [3.05, 3.63) is 159 Å². The summed E-state index contributed by atoms with van der Waals surface area (Å²) in [5.74, 6) is -43.4. The highest BCUT2D eigenvalue weighted by atomic mass is 16.7. The largest absolute Gasteiger partial charge is 0.504 e. The van der Waals surface area contributed by atoms with Gasteiger partial charge < -0.3 is 170 Å². The lowest BCUT2D eigenvalue weighted by atomic mass is 9.97. The van der Waals surface area contributed by atoms with E-state index in [0.717, 1.165) is 19.2 Å². The highest BCUT2D eigenvalue weighted by molar-refractivity contribution is 5.99. The molecule has 1 fully saturated rings. The van der Waals surface area contributed by atoms with Crippen LogP contribution in [0.5, 0.6) is 155 Å². The van der Waals surface area contributed by atoms with E-state index in [-0.39, 0.29) is 5.56 Å². The van der Waals surface area contributed by atoms with Crippen molar-refractivity contribution in [1.82, 2.24) is 0 Å². The first-order chi connectivity index (χ1) is 53.0. The molecule has 590 valence electrons. The van der Waals surface area contributed by atoms with Gasteiger partial charge in [0.15, 0.2) is 144 Å². The molecule has 1 aliphatic rings. The molecule has 9 aromatic rings. The number of hydrogen-bond donors (Lipinski definition) is 24. The quantitative estimate of drug-likeness (QED) is 0.0231. The number of phenols is 23. The fourth-order valence-corrected chi connectivity index (χ4v) is 9.85. The lowest BCUT2D eigenvalue weighted by molar-refractivity contribution is -0.287. The molecule has 1 aliphatic heterocycles. The van der Waals surface area contributed by atoms with Gasteiger partial charge in [0, 0.05) is 7.11 Å². The smallest absolute Gasteiger partial charge is 0.343 e. The van der Waals surface area contributed by atoms with Gasteiger partial charge in [0.25, 0.3) is 0 Å². The number of aromatic hydroxyl groups is 23. The minimum Gasteiger partial charge on any atom is -0.504 e. The average molecular weight is 1580 g/mol. The van der Waals surface area contributed by atoms with Crippen LogP contribution in [0.15, 0.2) is 109 Å². The average Bonchev–Trinajstić information content (AvgIpc) is 0.322. The van der Waals surface area contributed by atoms with Crippen LogP contribution in [0, 0.1) is 0 Å². The molecule has 0 bridgehead atoms. The molecule has 0 spiro atoms. The predicted octanol–water partition coefficient (Wildman–Crippen LogP) is 4.38. The molecule has 10 rings (SSSR count). The monoisotopic (exact) mass is 1580 g/mol. The van der Waals surface area contributed by atoms with Gasteiger partial charge in [-0.2, -0.15) is 0 Å². The Hall–Kier alpha value is -16.5. The van der Waals surface area contributed by atoms with Crippen LogP contribution in [-0.4, -0.2) is 221 Å². The van der Waals surface area contributed by atoms with Gasteiger partial charge in [-0.05, 0) is 109 Å². The number of carbonyl (C=O) groups is 9. The Morgan fingerprint density at radius 3 is 0.726 bits per heavy atom. The van der Waals surface area contributed by atoms with E-state index >= 15 is 0 Å². The second kappa shape index (κ2) is 32.3. The van der Waals surface area contributed by atoms with Gasteiger partial charge in [0.1, 0.15) is 18.8 Å². The SMILES string of the molecule is COC1C(OC(=O)c2cc(O)c(O)c(OC(=O)c3cc(O)c(O)c(O)c3)c2)C(COC(=O)c2cc(O)c(O)c(OC(=O)c3cc(O)c(O)c(O)c3)c2)OC(OC(=O)c2cc(O)c(O)c(OC(=O)c3cc(O)c(O)c(O)c3)c2)C1OC(=O)c1cc(O)c(O)c(OC(=O)c2cc(O)c(O)c(O)c2)c1.O=C(O)c1cc(O)c(O)c(O)c1. The molecule has 113 heavy (non-hydrogen) atoms. The van der Waals surface area contributed by atoms with Crippen molar-refractivity contribution in [2.24, 2.45) is 0 Å². The summed E-state index contributed by atoms with van der Waals surface area (Å²) >= 11 is 0. The van der Waals surface area contributed by atoms with Crippen molar-refractivity contribution < 1.29 is 213 Å². The van der Waals surface area contributed by atoms with E-state index in [9.17, 15) is 145 Å². The van der Waals surface area contributed by atoms with Crippen LogP contribution < -0.4 is 18.9 Å². The minimum absolute atomic E-state index is 0.289. The van der Waals surface area contributed by atoms with Gasteiger partial charge in [-0.15, -0.1) is 0 Å². The lowest BCUT2D eigenvalue weighted by Crippen LogP contribution is -2.62. The lowest BCUT2D eigenvalue weighted by Gasteiger charge is -2.43. The number of carboxylic acids is 1. The molecular formula is C70H52O43. The first-order valence-corrected chi connectivity index (χ1v) is 30.6. The molecule has 43 nitrogen and oxygen atoms in total. The third-order valence-electron chi connectivity index (χ3n) is 15.5. The summed E-state index contributed by atoms with van der Waals surface area (Å²) in [5.41, 5.74) is -6.79. The molecule has 0 aliphatic carbocycles. The number of methoxy groups -OCH3 is 1. The number of phenolic OH excluding ortho intramolecular Hbond substituents is 23. The van der Waals surface area contributed by atoms with Crippen molar-refractivity contribution in [2.75, 3.05) is 13.7 Å². The third-order valence-corrected chi connectivity index (χ3v) is 15.5. The van der Waals surface area contributed by atoms with Crippen LogP contribution in [-0.2, 0) is 28.4 Å². The molecule has 0 radical (unpaired) electrons. The van der Waals surface area contributed by atoms with Crippen LogP contribution in [0.4, 0.5) is 0 Å². The standard InChI is InChI=1S/C63H46O38.C7H6O5/c1-92-53-52(99-60(89)24-11-36(73)49(81)40(15-24)95-57(86)20-4-29(66)45(77)30(67)5-20)43(18-93-55(84)23-10-35(72)48(80)39(14-23)94-56(85)19-2-27(64)44(76)28(65)3-19)98-63(101-62(91)26-13-38(75)51(83)42(17-26)97-59(88)22-8-33(70)47(79)34(71)9-22)54(53)100-61(90)25-12-37(74)50(82)41(16-25)96-58(87)21-6-31(68)46(78)32(69)7-21;8-4-1-3(7(11)12)2-5(9)6(4)10/h2-17,43,52-54,63-83H,18H2,1H3;1-2,8-10H,(H,11,12). The number of rotatable bonds is 19. The Morgan fingerprint density at radius 2 is 0.478 bits per heavy atom. The number of carboxylic acid groups (broad SMARTS) is 1. The summed E-state index contributed by atoms with van der Waals surface area (Å²) in [6, 6.07) is 10.4. The number of aromatic carboxylic acids is 1. The third kappa shape index (κ3) is 17.5. The molecule has 24 N–H and O–H groups in total. The normalized spacial score (nSPS) is 14.8. The number of esters is 8. The van der Waals surface area contributed by atoms with Crippen molar-refractivity contribution in [1.29, 1.82) is 0 Å². The number of benzene rings is 9. The molecular weight excluding hydrogens is 1530 g/mol. The molecule has 0 amide bonds. The maximum Gasteiger partial charge on any atom is 0.343 e. The molecule has 5 atom stereocenters. The van der Waals surface area contributed by atoms with Crippen LogP contribution in [0.25, 0.3) is 0 Å². The van der Waals surface area contributed by atoms with Gasteiger partial charge in [0.2, 0.25) is 29.3 Å². The maximum absolute atomic E-state index is 14.5. The highest BCUT2D eigenvalue weighted by Crippen LogP contribution is 2.46. The van der Waals surface area contributed by atoms with Gasteiger partial charge in [-0.25, -0.2) is 43.2 Å². The first kappa shape index (κ1) is 80.6. The second-order valence-electron chi connectivity index (χ2n) is 23.0. The van der Waals surface area contributed by atoms with E-state index in [1.807, 2.05) is 0 Å². The van der Waals surface area contributed by atoms with Gasteiger partial charge in [-0.3, -0.25) is 0 Å². The van der Waals surface area contributed by atoms with Gasteiger partial charge in [0.05, 0.1) is 50.1 Å². The Morgan fingerprint density at radius 1 is 0.265 bits per heavy atom. The first-order valence-electron chi connectivity index (χ1n) is 30.6. The fraction of sp³-hybridized carbons (Fsp3) is 0.100. The van der Waals surface area contributed by atoms with Crippen molar-refractivity contribution in [2.45, 2.75) is 30.7 Å². The number of carbonyl (C=O) groups excluding carboxylic acids is 8. The molecule has 1 saturated heterocycles. The topological polar surface area (TPSA) is 731 Å². The van der Waals surface area contributed by atoms with E-state index in [2.05, 4.69) is 0 Å². The van der Waals surface area contributed by atoms with E-state index in [1.54, 1.807) is 0 Å². The second-order valence-corrected chi connectivity index (χ2v) is 23.0. The Bertz CT molecular complexity index is 5300. The molecule has 43 heteroatoms. The maximum atomic E-state index is 14.5. The summed E-state index contributed by atoms with van der Waals surface area (Å²) in [7, 11) is 0.778. The number of ether oxygens (including phenoxy) is 10. The summed E-state index contributed by atoms with van der Waals surface area (Å²) in [4.78, 5) is 121. The van der Waals surface area contributed by atoms with E-state index in [1.165, 1.54) is 0 Å².